The SMILES string of the molecule is O=C(Cc1ccc(Br)cc1)NCc1ccccc1-c1ccsc1. The molecule has 0 aliphatic rings. The monoisotopic (exact) mass is 385 g/mol. The van der Waals surface area contributed by atoms with Crippen molar-refractivity contribution in [1.29, 1.82) is 0 Å². The number of halogens is 1. The van der Waals surface area contributed by atoms with Crippen LogP contribution >= 0.6 is 27.3 Å². The number of carbonyl (C=O) groups is 1. The highest BCUT2D eigenvalue weighted by Crippen LogP contribution is 2.25. The van der Waals surface area contributed by atoms with Crippen LogP contribution in [-0.2, 0) is 17.8 Å². The second-order valence-electron chi connectivity index (χ2n) is 5.25. The second-order valence-corrected chi connectivity index (χ2v) is 6.94. The number of amides is 1. The van der Waals surface area contributed by atoms with Gasteiger partial charge in [0.05, 0.1) is 6.42 Å². The lowest BCUT2D eigenvalue weighted by Crippen LogP contribution is -2.24. The third-order valence-electron chi connectivity index (χ3n) is 3.60. The van der Waals surface area contributed by atoms with Crippen molar-refractivity contribution in [3.05, 3.63) is 81.0 Å². The van der Waals surface area contributed by atoms with E-state index in [9.17, 15) is 4.79 Å². The maximum atomic E-state index is 12.1. The highest BCUT2D eigenvalue weighted by molar-refractivity contribution is 9.10. The Hall–Kier alpha value is -1.91. The van der Waals surface area contributed by atoms with Crippen LogP contribution in [0.3, 0.4) is 0 Å². The summed E-state index contributed by atoms with van der Waals surface area (Å²) in [6, 6.07) is 18.1. The topological polar surface area (TPSA) is 29.1 Å². The molecular formula is C19H16BrNOS. The number of nitrogens with one attached hydrogen (secondary N) is 1. The number of carbonyl (C=O) groups excluding carboxylic acids is 1. The van der Waals surface area contributed by atoms with E-state index in [0.29, 0.717) is 13.0 Å². The largest absolute Gasteiger partial charge is 0.352 e. The summed E-state index contributed by atoms with van der Waals surface area (Å²) in [4.78, 5) is 12.1. The maximum Gasteiger partial charge on any atom is 0.224 e. The van der Waals surface area contributed by atoms with E-state index >= 15 is 0 Å². The highest BCUT2D eigenvalue weighted by atomic mass is 79.9. The molecule has 0 spiro atoms. The number of rotatable bonds is 5. The Morgan fingerprint density at radius 2 is 1.83 bits per heavy atom. The van der Waals surface area contributed by atoms with Crippen molar-refractivity contribution in [3.63, 3.8) is 0 Å². The van der Waals surface area contributed by atoms with Crippen molar-refractivity contribution in [3.8, 4) is 11.1 Å². The van der Waals surface area contributed by atoms with Gasteiger partial charge in [0.25, 0.3) is 0 Å². The van der Waals surface area contributed by atoms with Gasteiger partial charge in [-0.05, 0) is 51.2 Å². The van der Waals surface area contributed by atoms with Crippen LogP contribution in [-0.4, -0.2) is 5.91 Å². The van der Waals surface area contributed by atoms with Gasteiger partial charge in [0.2, 0.25) is 5.91 Å². The van der Waals surface area contributed by atoms with Gasteiger partial charge in [0.1, 0.15) is 0 Å². The molecule has 4 heteroatoms. The van der Waals surface area contributed by atoms with Crippen LogP contribution in [0.4, 0.5) is 0 Å². The molecule has 0 aliphatic heterocycles. The molecule has 0 radical (unpaired) electrons. The number of hydrogen-bond donors (Lipinski definition) is 1. The highest BCUT2D eigenvalue weighted by Gasteiger charge is 2.07. The summed E-state index contributed by atoms with van der Waals surface area (Å²) in [5, 5.41) is 7.21. The Morgan fingerprint density at radius 1 is 1.04 bits per heavy atom. The molecule has 0 saturated heterocycles. The fourth-order valence-electron chi connectivity index (χ4n) is 2.42. The summed E-state index contributed by atoms with van der Waals surface area (Å²) in [5.41, 5.74) is 4.53. The van der Waals surface area contributed by atoms with Gasteiger partial charge in [-0.2, -0.15) is 11.3 Å². The number of hydrogen-bond acceptors (Lipinski definition) is 2. The van der Waals surface area contributed by atoms with E-state index in [1.54, 1.807) is 11.3 Å². The summed E-state index contributed by atoms with van der Waals surface area (Å²) in [6.07, 6.45) is 0.397. The molecule has 0 fully saturated rings. The molecule has 2 nitrogen and oxygen atoms in total. The molecule has 1 N–H and O–H groups in total. The number of thiophene rings is 1. The molecule has 3 aromatic rings. The first-order valence-corrected chi connectivity index (χ1v) is 9.07. The van der Waals surface area contributed by atoms with Gasteiger partial charge in [0, 0.05) is 11.0 Å². The van der Waals surface area contributed by atoms with E-state index in [1.165, 1.54) is 11.1 Å². The van der Waals surface area contributed by atoms with Gasteiger partial charge >= 0.3 is 0 Å². The Labute approximate surface area is 148 Å². The van der Waals surface area contributed by atoms with Crippen molar-refractivity contribution >= 4 is 33.2 Å². The van der Waals surface area contributed by atoms with Crippen molar-refractivity contribution in [2.24, 2.45) is 0 Å². The molecule has 3 rings (SSSR count). The van der Waals surface area contributed by atoms with E-state index in [-0.39, 0.29) is 5.91 Å². The molecule has 0 saturated carbocycles. The molecule has 0 bridgehead atoms. The van der Waals surface area contributed by atoms with Crippen molar-refractivity contribution in [1.82, 2.24) is 5.32 Å². The maximum absolute atomic E-state index is 12.1. The smallest absolute Gasteiger partial charge is 0.224 e. The Balaban J connectivity index is 1.64. The lowest BCUT2D eigenvalue weighted by molar-refractivity contribution is -0.120. The predicted molar refractivity (Wildman–Crippen MR) is 99.4 cm³/mol. The molecule has 116 valence electrons. The fraction of sp³-hybridized carbons (Fsp3) is 0.105. The van der Waals surface area contributed by atoms with Gasteiger partial charge in [-0.1, -0.05) is 52.3 Å². The zero-order chi connectivity index (χ0) is 16.1. The number of benzene rings is 2. The Morgan fingerprint density at radius 3 is 2.57 bits per heavy atom. The third kappa shape index (κ3) is 4.30. The minimum atomic E-state index is 0.0347. The summed E-state index contributed by atoms with van der Waals surface area (Å²) < 4.78 is 1.02. The molecular weight excluding hydrogens is 370 g/mol. The van der Waals surface area contributed by atoms with E-state index < -0.39 is 0 Å². The summed E-state index contributed by atoms with van der Waals surface area (Å²) >= 11 is 5.08. The summed E-state index contributed by atoms with van der Waals surface area (Å²) in [7, 11) is 0. The zero-order valence-electron chi connectivity index (χ0n) is 12.5. The van der Waals surface area contributed by atoms with Crippen LogP contribution < -0.4 is 5.32 Å². The van der Waals surface area contributed by atoms with Crippen LogP contribution in [0.15, 0.2) is 69.8 Å². The molecule has 1 heterocycles. The lowest BCUT2D eigenvalue weighted by Gasteiger charge is -2.10. The molecule has 1 amide bonds. The average Bonchev–Trinajstić information content (AvgIpc) is 3.10. The lowest BCUT2D eigenvalue weighted by atomic mass is 10.0. The van der Waals surface area contributed by atoms with Crippen molar-refractivity contribution in [2.75, 3.05) is 0 Å². The quantitative estimate of drug-likeness (QED) is 0.654. The van der Waals surface area contributed by atoms with Gasteiger partial charge < -0.3 is 5.32 Å². The van der Waals surface area contributed by atoms with Gasteiger partial charge in [0.15, 0.2) is 0 Å². The van der Waals surface area contributed by atoms with Gasteiger partial charge in [-0.3, -0.25) is 4.79 Å². The predicted octanol–water partition coefficient (Wildman–Crippen LogP) is 5.04. The second kappa shape index (κ2) is 7.57. The van der Waals surface area contributed by atoms with Crippen LogP contribution in [0.2, 0.25) is 0 Å². The minimum absolute atomic E-state index is 0.0347. The van der Waals surface area contributed by atoms with E-state index in [1.807, 2.05) is 36.4 Å². The minimum Gasteiger partial charge on any atom is -0.352 e. The van der Waals surface area contributed by atoms with Crippen LogP contribution in [0.5, 0.6) is 0 Å². The molecule has 0 aliphatic carbocycles. The normalized spacial score (nSPS) is 10.5. The van der Waals surface area contributed by atoms with Crippen LogP contribution in [0.25, 0.3) is 11.1 Å². The Bertz CT molecular complexity index is 781. The van der Waals surface area contributed by atoms with Crippen molar-refractivity contribution in [2.45, 2.75) is 13.0 Å². The first-order chi connectivity index (χ1) is 11.2. The Kier molecular flexibility index (Phi) is 5.26. The first kappa shape index (κ1) is 16.0. The first-order valence-electron chi connectivity index (χ1n) is 7.34. The van der Waals surface area contributed by atoms with E-state index in [4.69, 9.17) is 0 Å². The van der Waals surface area contributed by atoms with Crippen LogP contribution in [0.1, 0.15) is 11.1 Å². The average molecular weight is 386 g/mol. The molecule has 1 aromatic heterocycles. The van der Waals surface area contributed by atoms with Crippen molar-refractivity contribution < 1.29 is 4.79 Å². The molecule has 2 aromatic carbocycles. The van der Waals surface area contributed by atoms with Crippen LogP contribution in [0, 0.1) is 0 Å². The summed E-state index contributed by atoms with van der Waals surface area (Å²) in [5.74, 6) is 0.0347. The van der Waals surface area contributed by atoms with E-state index in [2.05, 4.69) is 50.2 Å². The fourth-order valence-corrected chi connectivity index (χ4v) is 3.34. The summed E-state index contributed by atoms with van der Waals surface area (Å²) in [6.45, 7) is 0.543. The standard InChI is InChI=1S/C19H16BrNOS/c20-17-7-5-14(6-8-17)11-19(22)21-12-15-3-1-2-4-18(15)16-9-10-23-13-16/h1-10,13H,11-12H2,(H,21,22). The molecule has 0 atom stereocenters. The van der Waals surface area contributed by atoms with Gasteiger partial charge in [-0.25, -0.2) is 0 Å². The third-order valence-corrected chi connectivity index (χ3v) is 4.82. The van der Waals surface area contributed by atoms with E-state index in [0.717, 1.165) is 15.6 Å². The zero-order valence-corrected chi connectivity index (χ0v) is 14.9. The van der Waals surface area contributed by atoms with Gasteiger partial charge in [-0.15, -0.1) is 0 Å². The molecule has 0 unspecified atom stereocenters. The molecule has 23 heavy (non-hydrogen) atoms.